The van der Waals surface area contributed by atoms with E-state index in [2.05, 4.69) is 33.4 Å². The molecule has 0 bridgehead atoms. The second kappa shape index (κ2) is 5.32. The molecule has 2 atom stereocenters. The molecule has 1 saturated heterocycles. The molecule has 1 fully saturated rings. The molecule has 1 aliphatic heterocycles. The Bertz CT molecular complexity index is 608. The van der Waals surface area contributed by atoms with Gasteiger partial charge in [0.25, 0.3) is 0 Å². The van der Waals surface area contributed by atoms with E-state index in [9.17, 15) is 0 Å². The van der Waals surface area contributed by atoms with Gasteiger partial charge in [0.1, 0.15) is 5.69 Å². The molecular formula is C15H20N4O. The van der Waals surface area contributed by atoms with Crippen LogP contribution in [0.2, 0.25) is 0 Å². The van der Waals surface area contributed by atoms with Crippen LogP contribution in [0.25, 0.3) is 11.5 Å². The average Bonchev–Trinajstić information content (AvgIpc) is 2.88. The lowest BCUT2D eigenvalue weighted by Gasteiger charge is -2.26. The second-order valence-electron chi connectivity index (χ2n) is 5.69. The monoisotopic (exact) mass is 272 g/mol. The fourth-order valence-electron chi connectivity index (χ4n) is 2.79. The van der Waals surface area contributed by atoms with Crippen molar-refractivity contribution >= 4 is 0 Å². The maximum Gasteiger partial charge on any atom is 0.244 e. The third kappa shape index (κ3) is 2.45. The third-order valence-electron chi connectivity index (χ3n) is 3.90. The number of hydrogen-bond donors (Lipinski definition) is 1. The Morgan fingerprint density at radius 3 is 2.95 bits per heavy atom. The Labute approximate surface area is 118 Å². The number of aryl methyl sites for hydroxylation is 2. The second-order valence-corrected chi connectivity index (χ2v) is 5.69. The summed E-state index contributed by atoms with van der Waals surface area (Å²) in [6.07, 6.45) is 4.23. The van der Waals surface area contributed by atoms with Gasteiger partial charge in [-0.2, -0.15) is 4.98 Å². The molecule has 3 rings (SSSR count). The van der Waals surface area contributed by atoms with Crippen molar-refractivity contribution in [1.82, 2.24) is 20.4 Å². The zero-order valence-electron chi connectivity index (χ0n) is 12.2. The molecule has 2 aromatic rings. The van der Waals surface area contributed by atoms with E-state index in [4.69, 9.17) is 4.52 Å². The van der Waals surface area contributed by atoms with E-state index >= 15 is 0 Å². The first-order valence-corrected chi connectivity index (χ1v) is 7.16. The van der Waals surface area contributed by atoms with Crippen molar-refractivity contribution < 1.29 is 4.52 Å². The topological polar surface area (TPSA) is 63.8 Å². The van der Waals surface area contributed by atoms with E-state index < -0.39 is 0 Å². The van der Waals surface area contributed by atoms with Crippen LogP contribution in [-0.2, 0) is 0 Å². The van der Waals surface area contributed by atoms with Gasteiger partial charge in [-0.3, -0.25) is 4.98 Å². The summed E-state index contributed by atoms with van der Waals surface area (Å²) in [5.41, 5.74) is 3.01. The van der Waals surface area contributed by atoms with Crippen LogP contribution in [0, 0.1) is 19.8 Å². The molecule has 1 N–H and O–H groups in total. The standard InChI is InChI=1S/C15H20N4O/c1-9-7-11(3)12(17-8-9)14-18-15(20-19-14)13-10(2)5-4-6-16-13/h7-8,10,13,16H,4-6H2,1-3H3. The summed E-state index contributed by atoms with van der Waals surface area (Å²) in [7, 11) is 0. The van der Waals surface area contributed by atoms with Gasteiger partial charge in [-0.1, -0.05) is 18.1 Å². The maximum absolute atomic E-state index is 5.45. The van der Waals surface area contributed by atoms with Gasteiger partial charge in [-0.05, 0) is 50.3 Å². The molecule has 0 aliphatic carbocycles. The summed E-state index contributed by atoms with van der Waals surface area (Å²) in [6, 6.07) is 2.25. The maximum atomic E-state index is 5.45. The lowest BCUT2D eigenvalue weighted by Crippen LogP contribution is -2.33. The van der Waals surface area contributed by atoms with Crippen LogP contribution in [0.1, 0.15) is 42.8 Å². The Balaban J connectivity index is 1.89. The van der Waals surface area contributed by atoms with E-state index in [1.165, 1.54) is 12.8 Å². The number of nitrogens with zero attached hydrogens (tertiary/aromatic N) is 3. The fraction of sp³-hybridized carbons (Fsp3) is 0.533. The van der Waals surface area contributed by atoms with Gasteiger partial charge in [0.05, 0.1) is 6.04 Å². The highest BCUT2D eigenvalue weighted by atomic mass is 16.5. The summed E-state index contributed by atoms with van der Waals surface area (Å²) in [6.45, 7) is 7.27. The van der Waals surface area contributed by atoms with Crippen molar-refractivity contribution in [2.75, 3.05) is 6.54 Å². The minimum Gasteiger partial charge on any atom is -0.337 e. The van der Waals surface area contributed by atoms with Gasteiger partial charge in [0.2, 0.25) is 11.7 Å². The first-order chi connectivity index (χ1) is 9.65. The normalized spacial score (nSPS) is 22.9. The summed E-state index contributed by atoms with van der Waals surface area (Å²) in [5.74, 6) is 1.77. The Morgan fingerprint density at radius 2 is 2.20 bits per heavy atom. The quantitative estimate of drug-likeness (QED) is 0.910. The van der Waals surface area contributed by atoms with E-state index in [0.717, 1.165) is 23.4 Å². The highest BCUT2D eigenvalue weighted by molar-refractivity contribution is 5.54. The molecule has 0 aromatic carbocycles. The van der Waals surface area contributed by atoms with Gasteiger partial charge < -0.3 is 9.84 Å². The molecule has 0 spiro atoms. The number of rotatable bonds is 2. The van der Waals surface area contributed by atoms with E-state index in [1.54, 1.807) is 0 Å². The number of aromatic nitrogens is 3. The molecule has 2 aromatic heterocycles. The van der Waals surface area contributed by atoms with Crippen LogP contribution in [0.15, 0.2) is 16.8 Å². The molecule has 3 heterocycles. The first kappa shape index (κ1) is 13.2. The summed E-state index contributed by atoms with van der Waals surface area (Å²) in [4.78, 5) is 8.96. The number of hydrogen-bond acceptors (Lipinski definition) is 5. The molecule has 2 unspecified atom stereocenters. The Hall–Kier alpha value is -1.75. The van der Waals surface area contributed by atoms with Crippen LogP contribution in [0.4, 0.5) is 0 Å². The van der Waals surface area contributed by atoms with Gasteiger partial charge in [-0.15, -0.1) is 0 Å². The van der Waals surface area contributed by atoms with Crippen molar-refractivity contribution in [2.45, 2.75) is 39.7 Å². The van der Waals surface area contributed by atoms with E-state index in [1.807, 2.05) is 20.0 Å². The molecule has 0 amide bonds. The van der Waals surface area contributed by atoms with E-state index in [0.29, 0.717) is 17.6 Å². The summed E-state index contributed by atoms with van der Waals surface area (Å²) >= 11 is 0. The van der Waals surface area contributed by atoms with Crippen molar-refractivity contribution in [1.29, 1.82) is 0 Å². The Morgan fingerprint density at radius 1 is 1.35 bits per heavy atom. The summed E-state index contributed by atoms with van der Waals surface area (Å²) in [5, 5.41) is 7.55. The van der Waals surface area contributed by atoms with Crippen LogP contribution >= 0.6 is 0 Å². The number of pyridine rings is 1. The zero-order chi connectivity index (χ0) is 14.1. The molecule has 0 radical (unpaired) electrons. The highest BCUT2D eigenvalue weighted by Crippen LogP contribution is 2.29. The van der Waals surface area contributed by atoms with Crippen molar-refractivity contribution in [2.24, 2.45) is 5.92 Å². The number of nitrogens with one attached hydrogen (secondary N) is 1. The zero-order valence-corrected chi connectivity index (χ0v) is 12.2. The average molecular weight is 272 g/mol. The molecular weight excluding hydrogens is 252 g/mol. The van der Waals surface area contributed by atoms with Gasteiger partial charge >= 0.3 is 0 Å². The summed E-state index contributed by atoms with van der Waals surface area (Å²) < 4.78 is 5.45. The minimum atomic E-state index is 0.163. The van der Waals surface area contributed by atoms with Crippen LogP contribution in [0.3, 0.4) is 0 Å². The molecule has 0 saturated carbocycles. The van der Waals surface area contributed by atoms with Crippen molar-refractivity contribution in [3.05, 3.63) is 29.3 Å². The molecule has 1 aliphatic rings. The lowest BCUT2D eigenvalue weighted by molar-refractivity contribution is 0.239. The van der Waals surface area contributed by atoms with Crippen LogP contribution in [-0.4, -0.2) is 21.7 Å². The smallest absolute Gasteiger partial charge is 0.244 e. The minimum absolute atomic E-state index is 0.163. The van der Waals surface area contributed by atoms with Crippen molar-refractivity contribution in [3.8, 4) is 11.5 Å². The van der Waals surface area contributed by atoms with Gasteiger partial charge in [-0.25, -0.2) is 0 Å². The van der Waals surface area contributed by atoms with Gasteiger partial charge in [0.15, 0.2) is 0 Å². The first-order valence-electron chi connectivity index (χ1n) is 7.16. The fourth-order valence-corrected chi connectivity index (χ4v) is 2.79. The van der Waals surface area contributed by atoms with E-state index in [-0.39, 0.29) is 6.04 Å². The Kier molecular flexibility index (Phi) is 3.53. The largest absolute Gasteiger partial charge is 0.337 e. The predicted molar refractivity (Wildman–Crippen MR) is 76.1 cm³/mol. The van der Waals surface area contributed by atoms with Crippen LogP contribution in [0.5, 0.6) is 0 Å². The molecule has 106 valence electrons. The van der Waals surface area contributed by atoms with Crippen molar-refractivity contribution in [3.63, 3.8) is 0 Å². The molecule has 5 nitrogen and oxygen atoms in total. The highest BCUT2D eigenvalue weighted by Gasteiger charge is 2.28. The predicted octanol–water partition coefficient (Wildman–Crippen LogP) is 2.81. The molecule has 20 heavy (non-hydrogen) atoms. The third-order valence-corrected chi connectivity index (χ3v) is 3.90. The molecule has 5 heteroatoms. The van der Waals surface area contributed by atoms with Gasteiger partial charge in [0, 0.05) is 6.20 Å². The number of piperidine rings is 1. The van der Waals surface area contributed by atoms with Crippen LogP contribution < -0.4 is 5.32 Å². The lowest BCUT2D eigenvalue weighted by atomic mass is 9.93. The SMILES string of the molecule is Cc1cnc(-c2noc(C3NCCCC3C)n2)c(C)c1.